The fourth-order valence-electron chi connectivity index (χ4n) is 3.69. The van der Waals surface area contributed by atoms with Crippen molar-refractivity contribution in [1.82, 2.24) is 4.90 Å². The molecule has 126 valence electrons. The highest BCUT2D eigenvalue weighted by molar-refractivity contribution is 5.76. The molecule has 1 amide bonds. The van der Waals surface area contributed by atoms with Gasteiger partial charge < -0.3 is 14.5 Å². The molecule has 4 heteroatoms. The van der Waals surface area contributed by atoms with Gasteiger partial charge in [0, 0.05) is 51.5 Å². The molecule has 0 radical (unpaired) electrons. The highest BCUT2D eigenvalue weighted by atomic mass is 16.5. The van der Waals surface area contributed by atoms with Crippen molar-refractivity contribution in [2.75, 3.05) is 44.3 Å². The summed E-state index contributed by atoms with van der Waals surface area (Å²) in [5.74, 6) is 0.731. The third kappa shape index (κ3) is 4.25. The first-order valence-corrected chi connectivity index (χ1v) is 8.80. The van der Waals surface area contributed by atoms with Gasteiger partial charge in [0.15, 0.2) is 0 Å². The Kier molecular flexibility index (Phi) is 5.21. The number of piperazine rings is 1. The Labute approximate surface area is 139 Å². The van der Waals surface area contributed by atoms with Crippen LogP contribution in [0.25, 0.3) is 0 Å². The largest absolute Gasteiger partial charge is 0.381 e. The van der Waals surface area contributed by atoms with E-state index >= 15 is 0 Å². The molecule has 1 aromatic carbocycles. The van der Waals surface area contributed by atoms with E-state index in [9.17, 15) is 4.79 Å². The Hall–Kier alpha value is -1.55. The number of anilines is 1. The monoisotopic (exact) mass is 316 g/mol. The second kappa shape index (κ2) is 7.35. The van der Waals surface area contributed by atoms with E-state index in [1.807, 2.05) is 4.90 Å². The fraction of sp³-hybridized carbons (Fsp3) is 0.632. The van der Waals surface area contributed by atoms with Gasteiger partial charge in [-0.15, -0.1) is 0 Å². The molecule has 0 N–H and O–H groups in total. The normalized spacial score (nSPS) is 22.3. The van der Waals surface area contributed by atoms with E-state index in [1.54, 1.807) is 0 Å². The van der Waals surface area contributed by atoms with Gasteiger partial charge in [-0.2, -0.15) is 0 Å². The van der Waals surface area contributed by atoms with Crippen LogP contribution in [-0.4, -0.2) is 50.2 Å². The number of carbonyl (C=O) groups is 1. The number of hydrogen-bond donors (Lipinski definition) is 0. The number of benzene rings is 1. The summed E-state index contributed by atoms with van der Waals surface area (Å²) in [6.45, 7) is 9.42. The first kappa shape index (κ1) is 16.3. The van der Waals surface area contributed by atoms with E-state index in [0.29, 0.717) is 18.2 Å². The van der Waals surface area contributed by atoms with Gasteiger partial charge in [0.25, 0.3) is 0 Å². The molecule has 2 saturated heterocycles. The average molecular weight is 316 g/mol. The van der Waals surface area contributed by atoms with Crippen molar-refractivity contribution in [3.63, 3.8) is 0 Å². The van der Waals surface area contributed by atoms with Crippen LogP contribution in [0.15, 0.2) is 18.2 Å². The molecule has 0 saturated carbocycles. The molecule has 0 bridgehead atoms. The lowest BCUT2D eigenvalue weighted by Gasteiger charge is -2.37. The predicted octanol–water partition coefficient (Wildman–Crippen LogP) is 2.77. The number of hydrogen-bond acceptors (Lipinski definition) is 3. The molecule has 4 nitrogen and oxygen atoms in total. The maximum Gasteiger partial charge on any atom is 0.223 e. The molecule has 1 aromatic rings. The van der Waals surface area contributed by atoms with Crippen molar-refractivity contribution in [3.05, 3.63) is 29.3 Å². The zero-order valence-electron chi connectivity index (χ0n) is 14.4. The van der Waals surface area contributed by atoms with Crippen LogP contribution in [0.2, 0.25) is 0 Å². The number of ether oxygens (including phenoxy) is 1. The van der Waals surface area contributed by atoms with Gasteiger partial charge in [0.2, 0.25) is 5.91 Å². The quantitative estimate of drug-likeness (QED) is 0.859. The zero-order chi connectivity index (χ0) is 16.2. The number of carbonyl (C=O) groups excluding carboxylic acids is 1. The summed E-state index contributed by atoms with van der Waals surface area (Å²) in [7, 11) is 0. The van der Waals surface area contributed by atoms with E-state index in [4.69, 9.17) is 4.74 Å². The number of rotatable bonds is 3. The molecular weight excluding hydrogens is 288 g/mol. The topological polar surface area (TPSA) is 32.8 Å². The van der Waals surface area contributed by atoms with E-state index in [0.717, 1.165) is 52.2 Å². The smallest absolute Gasteiger partial charge is 0.223 e. The van der Waals surface area contributed by atoms with Gasteiger partial charge in [-0.25, -0.2) is 0 Å². The van der Waals surface area contributed by atoms with Crippen LogP contribution in [0.4, 0.5) is 5.69 Å². The number of amides is 1. The third-order valence-electron chi connectivity index (χ3n) is 4.92. The Morgan fingerprint density at radius 3 is 2.43 bits per heavy atom. The summed E-state index contributed by atoms with van der Waals surface area (Å²) in [4.78, 5) is 16.9. The maximum atomic E-state index is 12.5. The van der Waals surface area contributed by atoms with Crippen LogP contribution in [0, 0.1) is 19.8 Å². The predicted molar refractivity (Wildman–Crippen MR) is 92.9 cm³/mol. The van der Waals surface area contributed by atoms with Crippen molar-refractivity contribution in [3.8, 4) is 0 Å². The molecule has 23 heavy (non-hydrogen) atoms. The van der Waals surface area contributed by atoms with Gasteiger partial charge in [0.1, 0.15) is 0 Å². The maximum absolute atomic E-state index is 12.5. The van der Waals surface area contributed by atoms with Crippen LogP contribution >= 0.6 is 0 Å². The van der Waals surface area contributed by atoms with Crippen LogP contribution in [0.1, 0.15) is 30.4 Å². The number of aryl methyl sites for hydroxylation is 2. The first-order valence-electron chi connectivity index (χ1n) is 8.80. The molecule has 0 spiro atoms. The molecule has 0 unspecified atom stereocenters. The van der Waals surface area contributed by atoms with Gasteiger partial charge >= 0.3 is 0 Å². The van der Waals surface area contributed by atoms with Gasteiger partial charge in [0.05, 0.1) is 0 Å². The lowest BCUT2D eigenvalue weighted by Crippen LogP contribution is -2.49. The lowest BCUT2D eigenvalue weighted by atomic mass is 9.98. The highest BCUT2D eigenvalue weighted by Gasteiger charge is 2.25. The van der Waals surface area contributed by atoms with Crippen molar-refractivity contribution >= 4 is 11.6 Å². The molecule has 2 aliphatic heterocycles. The van der Waals surface area contributed by atoms with E-state index in [2.05, 4.69) is 36.9 Å². The summed E-state index contributed by atoms with van der Waals surface area (Å²) in [5, 5.41) is 0. The molecule has 2 aliphatic rings. The Balaban J connectivity index is 1.52. The van der Waals surface area contributed by atoms with E-state index in [-0.39, 0.29) is 0 Å². The second-order valence-electron chi connectivity index (χ2n) is 7.00. The molecular formula is C19H28N2O2. The Morgan fingerprint density at radius 2 is 1.83 bits per heavy atom. The van der Waals surface area contributed by atoms with Crippen LogP contribution in [0.5, 0.6) is 0 Å². The summed E-state index contributed by atoms with van der Waals surface area (Å²) >= 11 is 0. The summed E-state index contributed by atoms with van der Waals surface area (Å²) < 4.78 is 5.49. The minimum Gasteiger partial charge on any atom is -0.381 e. The molecule has 0 aromatic heterocycles. The van der Waals surface area contributed by atoms with E-state index in [1.165, 1.54) is 16.8 Å². The highest BCUT2D eigenvalue weighted by Crippen LogP contribution is 2.22. The third-order valence-corrected chi connectivity index (χ3v) is 4.92. The van der Waals surface area contributed by atoms with Gasteiger partial charge in [-0.05, 0) is 55.9 Å². The van der Waals surface area contributed by atoms with Crippen molar-refractivity contribution in [2.24, 2.45) is 5.92 Å². The van der Waals surface area contributed by atoms with Crippen molar-refractivity contribution < 1.29 is 9.53 Å². The fourth-order valence-corrected chi connectivity index (χ4v) is 3.69. The SMILES string of the molecule is Cc1cc(C)cc(N2CCN(C(=O)C[C@H]3CCCOC3)CC2)c1. The lowest BCUT2D eigenvalue weighted by molar-refractivity contribution is -0.133. The van der Waals surface area contributed by atoms with Crippen LogP contribution in [0.3, 0.4) is 0 Å². The standard InChI is InChI=1S/C19H28N2O2/c1-15-10-16(2)12-18(11-15)20-5-7-21(8-6-20)19(22)13-17-4-3-9-23-14-17/h10-12,17H,3-9,13-14H2,1-2H3/t17-/m1/s1. The van der Waals surface area contributed by atoms with Crippen LogP contribution < -0.4 is 4.90 Å². The minimum atomic E-state index is 0.306. The molecule has 3 rings (SSSR count). The van der Waals surface area contributed by atoms with Crippen molar-refractivity contribution in [1.29, 1.82) is 0 Å². The van der Waals surface area contributed by atoms with Gasteiger partial charge in [-0.1, -0.05) is 6.07 Å². The van der Waals surface area contributed by atoms with E-state index < -0.39 is 0 Å². The summed E-state index contributed by atoms with van der Waals surface area (Å²) in [6, 6.07) is 6.68. The second-order valence-corrected chi connectivity index (χ2v) is 7.00. The minimum absolute atomic E-state index is 0.306. The Bertz CT molecular complexity index is 524. The van der Waals surface area contributed by atoms with Crippen LogP contribution in [-0.2, 0) is 9.53 Å². The molecule has 1 atom stereocenters. The first-order chi connectivity index (χ1) is 11.1. The molecule has 2 fully saturated rings. The van der Waals surface area contributed by atoms with Crippen molar-refractivity contribution in [2.45, 2.75) is 33.1 Å². The zero-order valence-corrected chi connectivity index (χ0v) is 14.4. The summed E-state index contributed by atoms with van der Waals surface area (Å²) in [5.41, 5.74) is 3.89. The molecule has 2 heterocycles. The average Bonchev–Trinajstić information content (AvgIpc) is 2.55. The molecule has 0 aliphatic carbocycles. The number of nitrogens with zero attached hydrogens (tertiary/aromatic N) is 2. The Morgan fingerprint density at radius 1 is 1.13 bits per heavy atom. The van der Waals surface area contributed by atoms with Gasteiger partial charge in [-0.3, -0.25) is 4.79 Å². The summed E-state index contributed by atoms with van der Waals surface area (Å²) in [6.07, 6.45) is 2.89.